The molecule has 1 aromatic carbocycles. The molecule has 33 heavy (non-hydrogen) atoms. The molecule has 3 heterocycles. The summed E-state index contributed by atoms with van der Waals surface area (Å²) in [4.78, 5) is 23.2. The van der Waals surface area contributed by atoms with Gasteiger partial charge in [0.15, 0.2) is 11.5 Å². The van der Waals surface area contributed by atoms with Gasteiger partial charge in [-0.25, -0.2) is 4.98 Å². The third kappa shape index (κ3) is 4.39. The van der Waals surface area contributed by atoms with Crippen molar-refractivity contribution in [2.24, 2.45) is 0 Å². The lowest BCUT2D eigenvalue weighted by Crippen LogP contribution is -2.36. The summed E-state index contributed by atoms with van der Waals surface area (Å²) in [6.07, 6.45) is 8.66. The second kappa shape index (κ2) is 9.39. The summed E-state index contributed by atoms with van der Waals surface area (Å²) in [5, 5.41) is 7.40. The van der Waals surface area contributed by atoms with Crippen molar-refractivity contribution < 1.29 is 9.47 Å². The first kappa shape index (κ1) is 21.7. The van der Waals surface area contributed by atoms with Gasteiger partial charge in [0.05, 0.1) is 37.4 Å². The van der Waals surface area contributed by atoms with Crippen LogP contribution in [-0.2, 0) is 19.5 Å². The molecule has 2 N–H and O–H groups in total. The van der Waals surface area contributed by atoms with Gasteiger partial charge in [0.2, 0.25) is 0 Å². The third-order valence-electron chi connectivity index (χ3n) is 6.94. The number of fused-ring (bicyclic) bond motifs is 1. The SMILES string of the molecule is COc1ccc(-c2[nH]ncc2CN2CCc3nc(C4CCCCC4)[nH]c(=O)c3C2)cc1OC. The van der Waals surface area contributed by atoms with E-state index in [9.17, 15) is 4.79 Å². The molecule has 0 radical (unpaired) electrons. The molecule has 2 aliphatic rings. The molecule has 1 aliphatic heterocycles. The zero-order valence-corrected chi connectivity index (χ0v) is 19.3. The van der Waals surface area contributed by atoms with Crippen LogP contribution < -0.4 is 15.0 Å². The Bertz CT molecular complexity index is 1180. The Hall–Kier alpha value is -3.13. The van der Waals surface area contributed by atoms with Gasteiger partial charge in [-0.1, -0.05) is 19.3 Å². The quantitative estimate of drug-likeness (QED) is 0.595. The molecule has 0 spiro atoms. The average molecular weight is 450 g/mol. The first-order valence-electron chi connectivity index (χ1n) is 11.7. The molecule has 2 aromatic heterocycles. The van der Waals surface area contributed by atoms with Crippen LogP contribution in [0.5, 0.6) is 11.5 Å². The van der Waals surface area contributed by atoms with E-state index in [-0.39, 0.29) is 5.56 Å². The third-order valence-corrected chi connectivity index (χ3v) is 6.94. The van der Waals surface area contributed by atoms with Crippen molar-refractivity contribution >= 4 is 0 Å². The van der Waals surface area contributed by atoms with Crippen molar-refractivity contribution in [2.75, 3.05) is 20.8 Å². The first-order chi connectivity index (χ1) is 16.2. The molecule has 1 fully saturated rings. The Morgan fingerprint density at radius 1 is 1.12 bits per heavy atom. The van der Waals surface area contributed by atoms with E-state index in [4.69, 9.17) is 14.5 Å². The fraction of sp³-hybridized carbons (Fsp3) is 0.480. The number of hydrogen-bond acceptors (Lipinski definition) is 6. The number of ether oxygens (including phenoxy) is 2. The number of H-pyrrole nitrogens is 2. The molecule has 8 nitrogen and oxygen atoms in total. The van der Waals surface area contributed by atoms with Gasteiger partial charge in [-0.3, -0.25) is 14.8 Å². The summed E-state index contributed by atoms with van der Waals surface area (Å²) in [7, 11) is 3.26. The number of aromatic nitrogens is 4. The Morgan fingerprint density at radius 2 is 1.94 bits per heavy atom. The van der Waals surface area contributed by atoms with E-state index in [1.54, 1.807) is 14.2 Å². The number of nitrogens with one attached hydrogen (secondary N) is 2. The summed E-state index contributed by atoms with van der Waals surface area (Å²) in [5.41, 5.74) is 4.81. The number of nitrogens with zero attached hydrogens (tertiary/aromatic N) is 3. The Labute approximate surface area is 193 Å². The van der Waals surface area contributed by atoms with E-state index in [0.29, 0.717) is 30.5 Å². The maximum Gasteiger partial charge on any atom is 0.255 e. The standard InChI is InChI=1S/C25H31N5O3/c1-32-21-9-8-17(12-22(21)33-2)23-18(13-26-29-23)14-30-11-10-20-19(15-30)25(31)28-24(27-20)16-6-4-3-5-7-16/h8-9,12-13,16H,3-7,10-11,14-15H2,1-2H3,(H,26,29)(H,27,28,31). The predicted molar refractivity (Wildman–Crippen MR) is 126 cm³/mol. The van der Waals surface area contributed by atoms with Gasteiger partial charge in [-0.15, -0.1) is 0 Å². The Balaban J connectivity index is 1.34. The molecular weight excluding hydrogens is 418 g/mol. The molecule has 0 saturated heterocycles. The van der Waals surface area contributed by atoms with Crippen molar-refractivity contribution in [3.63, 3.8) is 0 Å². The van der Waals surface area contributed by atoms with E-state index < -0.39 is 0 Å². The van der Waals surface area contributed by atoms with Crippen LogP contribution in [0.4, 0.5) is 0 Å². The van der Waals surface area contributed by atoms with Gasteiger partial charge < -0.3 is 14.5 Å². The van der Waals surface area contributed by atoms with Gasteiger partial charge in [0, 0.05) is 43.1 Å². The van der Waals surface area contributed by atoms with E-state index in [0.717, 1.165) is 59.7 Å². The summed E-state index contributed by atoms with van der Waals surface area (Å²) in [5.74, 6) is 2.67. The van der Waals surface area contributed by atoms with E-state index >= 15 is 0 Å². The summed E-state index contributed by atoms with van der Waals surface area (Å²) in [6.45, 7) is 2.16. The molecule has 1 saturated carbocycles. The molecule has 0 amide bonds. The second-order valence-electron chi connectivity index (χ2n) is 9.01. The second-order valence-corrected chi connectivity index (χ2v) is 9.01. The topological polar surface area (TPSA) is 96.1 Å². The van der Waals surface area contributed by atoms with Crippen LogP contribution in [-0.4, -0.2) is 45.8 Å². The van der Waals surface area contributed by atoms with Gasteiger partial charge >= 0.3 is 0 Å². The monoisotopic (exact) mass is 449 g/mol. The highest BCUT2D eigenvalue weighted by Gasteiger charge is 2.25. The van der Waals surface area contributed by atoms with Gasteiger partial charge in [0.25, 0.3) is 5.56 Å². The van der Waals surface area contributed by atoms with Crippen LogP contribution in [0, 0.1) is 0 Å². The summed E-state index contributed by atoms with van der Waals surface area (Å²) >= 11 is 0. The van der Waals surface area contributed by atoms with Crippen molar-refractivity contribution in [3.8, 4) is 22.8 Å². The van der Waals surface area contributed by atoms with Gasteiger partial charge in [-0.05, 0) is 31.0 Å². The molecule has 3 aromatic rings. The number of hydrogen-bond donors (Lipinski definition) is 2. The molecule has 5 rings (SSSR count). The first-order valence-corrected chi connectivity index (χ1v) is 11.7. The minimum absolute atomic E-state index is 0.0255. The van der Waals surface area contributed by atoms with E-state index in [2.05, 4.69) is 20.1 Å². The zero-order valence-electron chi connectivity index (χ0n) is 19.3. The Morgan fingerprint density at radius 3 is 2.73 bits per heavy atom. The highest BCUT2D eigenvalue weighted by Crippen LogP contribution is 2.34. The van der Waals surface area contributed by atoms with Crippen LogP contribution >= 0.6 is 0 Å². The zero-order chi connectivity index (χ0) is 22.8. The summed E-state index contributed by atoms with van der Waals surface area (Å²) < 4.78 is 10.8. The number of benzene rings is 1. The molecule has 0 bridgehead atoms. The van der Waals surface area contributed by atoms with Crippen LogP contribution in [0.1, 0.15) is 60.7 Å². The van der Waals surface area contributed by atoms with E-state index in [1.807, 2.05) is 24.4 Å². The average Bonchev–Trinajstić information content (AvgIpc) is 3.32. The van der Waals surface area contributed by atoms with Crippen LogP contribution in [0.2, 0.25) is 0 Å². The lowest BCUT2D eigenvalue weighted by atomic mass is 9.88. The molecule has 174 valence electrons. The van der Waals surface area contributed by atoms with Crippen LogP contribution in [0.3, 0.4) is 0 Å². The number of methoxy groups -OCH3 is 2. The number of rotatable bonds is 6. The maximum absolute atomic E-state index is 12.9. The highest BCUT2D eigenvalue weighted by molar-refractivity contribution is 5.66. The smallest absolute Gasteiger partial charge is 0.255 e. The number of aromatic amines is 2. The van der Waals surface area contributed by atoms with Crippen LogP contribution in [0.25, 0.3) is 11.3 Å². The molecule has 1 aliphatic carbocycles. The normalized spacial score (nSPS) is 17.0. The van der Waals surface area contributed by atoms with Crippen molar-refractivity contribution in [3.05, 3.63) is 57.4 Å². The summed E-state index contributed by atoms with van der Waals surface area (Å²) in [6, 6.07) is 5.83. The van der Waals surface area contributed by atoms with Crippen LogP contribution in [0.15, 0.2) is 29.2 Å². The van der Waals surface area contributed by atoms with Crippen molar-refractivity contribution in [1.29, 1.82) is 0 Å². The fourth-order valence-corrected chi connectivity index (χ4v) is 5.12. The van der Waals surface area contributed by atoms with E-state index in [1.165, 1.54) is 19.3 Å². The fourth-order valence-electron chi connectivity index (χ4n) is 5.12. The van der Waals surface area contributed by atoms with Gasteiger partial charge in [0.1, 0.15) is 5.82 Å². The predicted octanol–water partition coefficient (Wildman–Crippen LogP) is 3.78. The van der Waals surface area contributed by atoms with Crippen molar-refractivity contribution in [1.82, 2.24) is 25.1 Å². The van der Waals surface area contributed by atoms with Crippen molar-refractivity contribution in [2.45, 2.75) is 57.5 Å². The molecule has 0 atom stereocenters. The lowest BCUT2D eigenvalue weighted by Gasteiger charge is -2.28. The van der Waals surface area contributed by atoms with Gasteiger partial charge in [-0.2, -0.15) is 5.10 Å². The molecular formula is C25H31N5O3. The Kier molecular flexibility index (Phi) is 6.17. The molecule has 0 unspecified atom stereocenters. The maximum atomic E-state index is 12.9. The molecule has 8 heteroatoms. The minimum atomic E-state index is 0.0255. The largest absolute Gasteiger partial charge is 0.493 e. The lowest BCUT2D eigenvalue weighted by molar-refractivity contribution is 0.241. The highest BCUT2D eigenvalue weighted by atomic mass is 16.5. The minimum Gasteiger partial charge on any atom is -0.493 e.